The number of nitrogens with zero attached hydrogens (tertiary/aromatic N) is 2. The van der Waals surface area contributed by atoms with E-state index in [1.807, 2.05) is 18.5 Å². The molecular formula is C16H15FN2O2S. The maximum atomic E-state index is 13.1. The van der Waals surface area contributed by atoms with E-state index in [2.05, 4.69) is 4.98 Å². The van der Waals surface area contributed by atoms with Gasteiger partial charge in [0.2, 0.25) is 0 Å². The second-order valence-corrected chi connectivity index (χ2v) is 7.31. The lowest BCUT2D eigenvalue weighted by Crippen LogP contribution is -2.00. The van der Waals surface area contributed by atoms with E-state index in [1.165, 1.54) is 12.1 Å². The van der Waals surface area contributed by atoms with Gasteiger partial charge in [0.25, 0.3) is 0 Å². The molecular weight excluding hydrogens is 303 g/mol. The Labute approximate surface area is 128 Å². The van der Waals surface area contributed by atoms with Crippen LogP contribution in [0.3, 0.4) is 0 Å². The molecule has 2 aromatic heterocycles. The predicted octanol–water partition coefficient (Wildman–Crippen LogP) is 3.09. The van der Waals surface area contributed by atoms with E-state index in [4.69, 9.17) is 0 Å². The number of aromatic nitrogens is 2. The third-order valence-electron chi connectivity index (χ3n) is 3.81. The molecule has 0 bridgehead atoms. The minimum Gasteiger partial charge on any atom is -0.343 e. The zero-order chi connectivity index (χ0) is 16.1. The van der Waals surface area contributed by atoms with Crippen molar-refractivity contribution in [2.24, 2.45) is 7.05 Å². The average molecular weight is 318 g/mol. The fourth-order valence-corrected chi connectivity index (χ4v) is 3.28. The van der Waals surface area contributed by atoms with Crippen LogP contribution in [0.1, 0.15) is 5.56 Å². The largest absolute Gasteiger partial charge is 0.343 e. The third-order valence-corrected chi connectivity index (χ3v) is 4.79. The van der Waals surface area contributed by atoms with Crippen LogP contribution in [0.5, 0.6) is 0 Å². The molecule has 3 aromatic rings. The second-order valence-electron chi connectivity index (χ2n) is 5.35. The Morgan fingerprint density at radius 3 is 2.41 bits per heavy atom. The summed E-state index contributed by atoms with van der Waals surface area (Å²) in [5.74, 6) is -0.291. The normalized spacial score (nSPS) is 12.0. The lowest BCUT2D eigenvalue weighted by atomic mass is 10.1. The molecule has 0 aliphatic heterocycles. The first-order valence-electron chi connectivity index (χ1n) is 6.70. The number of sulfone groups is 1. The first kappa shape index (κ1) is 14.7. The molecule has 2 heterocycles. The van der Waals surface area contributed by atoms with Gasteiger partial charge in [0.05, 0.1) is 11.2 Å². The van der Waals surface area contributed by atoms with E-state index in [0.717, 1.165) is 34.0 Å². The van der Waals surface area contributed by atoms with Crippen molar-refractivity contribution in [1.29, 1.82) is 0 Å². The van der Waals surface area contributed by atoms with Crippen molar-refractivity contribution < 1.29 is 12.8 Å². The molecule has 0 aliphatic carbocycles. The standard InChI is InChI=1S/C16H15FN2O2S/c1-10-13-9-18-15(22(3,20)21)8-14(13)19(2)16(10)11-4-6-12(17)7-5-11/h4-9H,1-3H3. The predicted molar refractivity (Wildman–Crippen MR) is 84.0 cm³/mol. The van der Waals surface area contributed by atoms with E-state index < -0.39 is 9.84 Å². The first-order chi connectivity index (χ1) is 10.3. The lowest BCUT2D eigenvalue weighted by Gasteiger charge is -2.06. The highest BCUT2D eigenvalue weighted by molar-refractivity contribution is 7.90. The van der Waals surface area contributed by atoms with Gasteiger partial charge in [0.15, 0.2) is 14.9 Å². The molecule has 0 fully saturated rings. The SMILES string of the molecule is Cc1c(-c2ccc(F)cc2)n(C)c2cc(S(C)(=O)=O)ncc12. The molecule has 0 aliphatic rings. The van der Waals surface area contributed by atoms with Gasteiger partial charge in [0, 0.05) is 24.9 Å². The quantitative estimate of drug-likeness (QED) is 0.729. The topological polar surface area (TPSA) is 52.0 Å². The number of benzene rings is 1. The zero-order valence-electron chi connectivity index (χ0n) is 12.5. The Morgan fingerprint density at radius 1 is 1.18 bits per heavy atom. The molecule has 0 atom stereocenters. The highest BCUT2D eigenvalue weighted by atomic mass is 32.2. The van der Waals surface area contributed by atoms with Gasteiger partial charge < -0.3 is 4.57 Å². The van der Waals surface area contributed by atoms with Crippen molar-refractivity contribution in [2.75, 3.05) is 6.26 Å². The number of fused-ring (bicyclic) bond motifs is 1. The van der Waals surface area contributed by atoms with E-state index in [9.17, 15) is 12.8 Å². The van der Waals surface area contributed by atoms with Crippen LogP contribution in [-0.2, 0) is 16.9 Å². The van der Waals surface area contributed by atoms with Crippen LogP contribution in [0.25, 0.3) is 22.2 Å². The summed E-state index contributed by atoms with van der Waals surface area (Å²) in [6.45, 7) is 1.95. The summed E-state index contributed by atoms with van der Waals surface area (Å²) < 4.78 is 38.4. The zero-order valence-corrected chi connectivity index (χ0v) is 13.3. The molecule has 22 heavy (non-hydrogen) atoms. The molecule has 0 saturated heterocycles. The summed E-state index contributed by atoms with van der Waals surface area (Å²) in [6.07, 6.45) is 2.71. The number of hydrogen-bond donors (Lipinski definition) is 0. The number of rotatable bonds is 2. The van der Waals surface area contributed by atoms with Crippen molar-refractivity contribution in [3.05, 3.63) is 47.9 Å². The van der Waals surface area contributed by atoms with Crippen LogP contribution in [0, 0.1) is 12.7 Å². The molecule has 0 amide bonds. The molecule has 1 aromatic carbocycles. The second kappa shape index (κ2) is 4.91. The highest BCUT2D eigenvalue weighted by Crippen LogP contribution is 2.32. The fraction of sp³-hybridized carbons (Fsp3) is 0.188. The van der Waals surface area contributed by atoms with Gasteiger partial charge >= 0.3 is 0 Å². The van der Waals surface area contributed by atoms with Crippen molar-refractivity contribution in [3.8, 4) is 11.3 Å². The number of aryl methyl sites for hydroxylation is 2. The molecule has 0 spiro atoms. The van der Waals surface area contributed by atoms with Gasteiger partial charge in [0.1, 0.15) is 5.82 Å². The Balaban J connectivity index is 2.31. The van der Waals surface area contributed by atoms with Crippen LogP contribution in [0.15, 0.2) is 41.6 Å². The summed E-state index contributed by atoms with van der Waals surface area (Å²) in [7, 11) is -1.50. The van der Waals surface area contributed by atoms with Gasteiger partial charge in [-0.05, 0) is 48.4 Å². The molecule has 0 saturated carbocycles. The van der Waals surface area contributed by atoms with Gasteiger partial charge in [-0.1, -0.05) is 0 Å². The van der Waals surface area contributed by atoms with Gasteiger partial charge in [-0.15, -0.1) is 0 Å². The van der Waals surface area contributed by atoms with E-state index in [1.54, 1.807) is 24.4 Å². The first-order valence-corrected chi connectivity index (χ1v) is 8.59. The Kier molecular flexibility index (Phi) is 3.29. The number of hydrogen-bond acceptors (Lipinski definition) is 3. The van der Waals surface area contributed by atoms with Crippen LogP contribution < -0.4 is 0 Å². The number of pyridine rings is 1. The van der Waals surface area contributed by atoms with Crippen molar-refractivity contribution in [2.45, 2.75) is 11.9 Å². The van der Waals surface area contributed by atoms with E-state index in [-0.39, 0.29) is 10.8 Å². The smallest absolute Gasteiger partial charge is 0.192 e. The summed E-state index contributed by atoms with van der Waals surface area (Å²) in [4.78, 5) is 4.04. The highest BCUT2D eigenvalue weighted by Gasteiger charge is 2.17. The van der Waals surface area contributed by atoms with E-state index in [0.29, 0.717) is 0 Å². The summed E-state index contributed by atoms with van der Waals surface area (Å²) >= 11 is 0. The third kappa shape index (κ3) is 2.29. The van der Waals surface area contributed by atoms with Gasteiger partial charge in [-0.2, -0.15) is 0 Å². The Hall–Kier alpha value is -2.21. The molecule has 6 heteroatoms. The molecule has 3 rings (SSSR count). The minimum atomic E-state index is -3.36. The summed E-state index contributed by atoms with van der Waals surface area (Å²) in [5, 5.41) is 0.931. The minimum absolute atomic E-state index is 0.0475. The molecule has 0 unspecified atom stereocenters. The van der Waals surface area contributed by atoms with Crippen LogP contribution in [0.4, 0.5) is 4.39 Å². The molecule has 0 radical (unpaired) electrons. The monoisotopic (exact) mass is 318 g/mol. The van der Waals surface area contributed by atoms with Gasteiger partial charge in [-0.25, -0.2) is 17.8 Å². The molecule has 0 N–H and O–H groups in total. The Morgan fingerprint density at radius 2 is 1.82 bits per heavy atom. The molecule has 4 nitrogen and oxygen atoms in total. The number of halogens is 1. The fourth-order valence-electron chi connectivity index (χ4n) is 2.71. The van der Waals surface area contributed by atoms with Crippen molar-refractivity contribution >= 4 is 20.7 Å². The molecule has 114 valence electrons. The van der Waals surface area contributed by atoms with Gasteiger partial charge in [-0.3, -0.25) is 0 Å². The summed E-state index contributed by atoms with van der Waals surface area (Å²) in [6, 6.07) is 7.81. The Bertz CT molecular complexity index is 974. The summed E-state index contributed by atoms with van der Waals surface area (Å²) in [5.41, 5.74) is 3.56. The van der Waals surface area contributed by atoms with Crippen LogP contribution in [-0.4, -0.2) is 24.2 Å². The van der Waals surface area contributed by atoms with Crippen LogP contribution >= 0.6 is 0 Å². The maximum Gasteiger partial charge on any atom is 0.192 e. The van der Waals surface area contributed by atoms with Crippen molar-refractivity contribution in [1.82, 2.24) is 9.55 Å². The van der Waals surface area contributed by atoms with Crippen molar-refractivity contribution in [3.63, 3.8) is 0 Å². The van der Waals surface area contributed by atoms with E-state index >= 15 is 0 Å². The maximum absolute atomic E-state index is 13.1. The lowest BCUT2D eigenvalue weighted by molar-refractivity contribution is 0.598. The van der Waals surface area contributed by atoms with Crippen LogP contribution in [0.2, 0.25) is 0 Å². The average Bonchev–Trinajstić information content (AvgIpc) is 2.71.